The molecule has 2 aliphatic heterocycles. The Morgan fingerprint density at radius 3 is 2.25 bits per heavy atom. The summed E-state index contributed by atoms with van der Waals surface area (Å²) in [6, 6.07) is 5.63. The van der Waals surface area contributed by atoms with Gasteiger partial charge in [-0.2, -0.15) is 0 Å². The number of piperidine rings is 1. The number of carbonyl (C=O) groups excluding carboxylic acids is 3. The number of ketones is 1. The summed E-state index contributed by atoms with van der Waals surface area (Å²) in [4.78, 5) is 49.4. The first-order chi connectivity index (χ1) is 15.5. The van der Waals surface area contributed by atoms with E-state index in [-0.39, 0.29) is 23.5 Å². The minimum absolute atomic E-state index is 0.0419. The fraction of sp³-hybridized carbons (Fsp3) is 0.348. The number of amides is 2. The second-order valence-electron chi connectivity index (χ2n) is 7.64. The maximum absolute atomic E-state index is 13.2. The van der Waals surface area contributed by atoms with Crippen LogP contribution in [-0.4, -0.2) is 68.4 Å². The van der Waals surface area contributed by atoms with Gasteiger partial charge in [-0.05, 0) is 49.6 Å². The first-order valence-corrected chi connectivity index (χ1v) is 10.5. The number of ether oxygens (including phenoxy) is 1. The molecule has 2 aromatic heterocycles. The molecule has 0 aromatic carbocycles. The highest BCUT2D eigenvalue weighted by Gasteiger charge is 2.49. The summed E-state index contributed by atoms with van der Waals surface area (Å²) in [6.45, 7) is 2.88. The molecule has 0 bridgehead atoms. The first-order valence-electron chi connectivity index (χ1n) is 10.5. The molecule has 2 aromatic rings. The van der Waals surface area contributed by atoms with Crippen molar-refractivity contribution in [3.63, 3.8) is 0 Å². The van der Waals surface area contributed by atoms with Gasteiger partial charge in [0, 0.05) is 49.5 Å². The van der Waals surface area contributed by atoms with E-state index in [0.717, 1.165) is 0 Å². The first kappa shape index (κ1) is 21.5. The smallest absolute Gasteiger partial charge is 0.409 e. The van der Waals surface area contributed by atoms with Crippen molar-refractivity contribution in [1.29, 1.82) is 0 Å². The van der Waals surface area contributed by atoms with Crippen molar-refractivity contribution in [2.45, 2.75) is 31.8 Å². The third-order valence-corrected chi connectivity index (χ3v) is 5.84. The molecule has 2 saturated heterocycles. The van der Waals surface area contributed by atoms with E-state index in [9.17, 15) is 19.5 Å². The van der Waals surface area contributed by atoms with Gasteiger partial charge in [0.15, 0.2) is 0 Å². The molecule has 0 saturated carbocycles. The van der Waals surface area contributed by atoms with Gasteiger partial charge in [-0.15, -0.1) is 0 Å². The van der Waals surface area contributed by atoms with Gasteiger partial charge in [0.2, 0.25) is 0 Å². The van der Waals surface area contributed by atoms with E-state index in [1.807, 2.05) is 0 Å². The molecule has 2 amide bonds. The summed E-state index contributed by atoms with van der Waals surface area (Å²) in [7, 11) is 0. The zero-order valence-electron chi connectivity index (χ0n) is 17.7. The Morgan fingerprint density at radius 1 is 1.06 bits per heavy atom. The largest absolute Gasteiger partial charge is 0.507 e. The summed E-state index contributed by atoms with van der Waals surface area (Å²) in [6.07, 6.45) is 6.83. The van der Waals surface area contributed by atoms with Crippen molar-refractivity contribution in [2.75, 3.05) is 19.7 Å². The summed E-state index contributed by atoms with van der Waals surface area (Å²) in [5.74, 6) is -1.62. The minimum atomic E-state index is -0.745. The second kappa shape index (κ2) is 9.17. The molecule has 1 N–H and O–H groups in total. The van der Waals surface area contributed by atoms with Gasteiger partial charge in [-0.1, -0.05) is 0 Å². The van der Waals surface area contributed by atoms with Gasteiger partial charge in [-0.25, -0.2) is 4.79 Å². The van der Waals surface area contributed by atoms with Gasteiger partial charge < -0.3 is 19.6 Å². The van der Waals surface area contributed by atoms with Crippen LogP contribution < -0.4 is 0 Å². The monoisotopic (exact) mass is 436 g/mol. The predicted molar refractivity (Wildman–Crippen MR) is 114 cm³/mol. The lowest BCUT2D eigenvalue weighted by molar-refractivity contribution is -0.142. The standard InChI is InChI=1S/C23H24N4O5/c1-2-32-23(31)26-13-7-17(8-14-26)27-19(15-3-9-24-10-4-15)18(21(29)22(27)30)20(28)16-5-11-25-12-6-16/h3-6,9-12,17,19,28H,2,7-8,13-14H2,1H3/b20-18+. The lowest BCUT2D eigenvalue weighted by Gasteiger charge is -2.38. The zero-order valence-corrected chi connectivity index (χ0v) is 17.7. The number of pyridine rings is 2. The van der Waals surface area contributed by atoms with Crippen LogP contribution in [0.3, 0.4) is 0 Å². The van der Waals surface area contributed by atoms with Gasteiger partial charge in [-0.3, -0.25) is 19.6 Å². The predicted octanol–water partition coefficient (Wildman–Crippen LogP) is 2.52. The zero-order chi connectivity index (χ0) is 22.7. The number of aliphatic hydroxyl groups is 1. The number of likely N-dealkylation sites (tertiary alicyclic amines) is 2. The van der Waals surface area contributed by atoms with E-state index in [1.165, 1.54) is 12.4 Å². The van der Waals surface area contributed by atoms with Crippen LogP contribution in [0.1, 0.15) is 36.9 Å². The average molecular weight is 436 g/mol. The number of hydrogen-bond donors (Lipinski definition) is 1. The third-order valence-electron chi connectivity index (χ3n) is 5.84. The summed E-state index contributed by atoms with van der Waals surface area (Å²) < 4.78 is 5.07. The second-order valence-corrected chi connectivity index (χ2v) is 7.64. The highest BCUT2D eigenvalue weighted by atomic mass is 16.6. The molecule has 1 atom stereocenters. The fourth-order valence-electron chi connectivity index (χ4n) is 4.31. The summed E-state index contributed by atoms with van der Waals surface area (Å²) >= 11 is 0. The van der Waals surface area contributed by atoms with Gasteiger partial charge in [0.1, 0.15) is 5.76 Å². The van der Waals surface area contributed by atoms with E-state index in [2.05, 4.69) is 9.97 Å². The van der Waals surface area contributed by atoms with Crippen LogP contribution >= 0.6 is 0 Å². The van der Waals surface area contributed by atoms with Gasteiger partial charge in [0.05, 0.1) is 18.2 Å². The van der Waals surface area contributed by atoms with Gasteiger partial charge >= 0.3 is 6.09 Å². The van der Waals surface area contributed by atoms with Gasteiger partial charge in [0.25, 0.3) is 11.7 Å². The van der Waals surface area contributed by atoms with Crippen molar-refractivity contribution in [3.05, 3.63) is 65.8 Å². The number of hydrogen-bond acceptors (Lipinski definition) is 7. The Kier molecular flexibility index (Phi) is 6.16. The number of rotatable bonds is 4. The molecule has 2 fully saturated rings. The lowest BCUT2D eigenvalue weighted by Crippen LogP contribution is -2.48. The van der Waals surface area contributed by atoms with Crippen molar-refractivity contribution >= 4 is 23.5 Å². The van der Waals surface area contributed by atoms with Crippen molar-refractivity contribution in [3.8, 4) is 0 Å². The molecular formula is C23H24N4O5. The van der Waals surface area contributed by atoms with Crippen LogP contribution in [0.15, 0.2) is 54.6 Å². The van der Waals surface area contributed by atoms with E-state index in [0.29, 0.717) is 43.7 Å². The third kappa shape index (κ3) is 3.93. The highest BCUT2D eigenvalue weighted by Crippen LogP contribution is 2.42. The van der Waals surface area contributed by atoms with Crippen LogP contribution in [0.5, 0.6) is 0 Å². The Hall–Kier alpha value is -3.75. The average Bonchev–Trinajstić information content (AvgIpc) is 3.10. The SMILES string of the molecule is CCOC(=O)N1CCC(N2C(=O)C(=O)/C(=C(/O)c3ccncc3)C2c2ccncc2)CC1. The highest BCUT2D eigenvalue weighted by molar-refractivity contribution is 6.46. The molecule has 166 valence electrons. The van der Waals surface area contributed by atoms with E-state index in [4.69, 9.17) is 4.74 Å². The van der Waals surface area contributed by atoms with Crippen molar-refractivity contribution in [2.24, 2.45) is 0 Å². The molecule has 32 heavy (non-hydrogen) atoms. The number of aliphatic hydroxyl groups excluding tert-OH is 1. The van der Waals surface area contributed by atoms with Crippen molar-refractivity contribution in [1.82, 2.24) is 19.8 Å². The molecular weight excluding hydrogens is 412 g/mol. The number of carbonyl (C=O) groups is 3. The Morgan fingerprint density at radius 2 is 1.66 bits per heavy atom. The topological polar surface area (TPSA) is 113 Å². The molecule has 4 heterocycles. The molecule has 0 radical (unpaired) electrons. The maximum atomic E-state index is 13.2. The summed E-state index contributed by atoms with van der Waals surface area (Å²) in [5, 5.41) is 11.0. The van der Waals surface area contributed by atoms with E-state index < -0.39 is 17.7 Å². The fourth-order valence-corrected chi connectivity index (χ4v) is 4.31. The van der Waals surface area contributed by atoms with E-state index >= 15 is 0 Å². The number of nitrogens with zero attached hydrogens (tertiary/aromatic N) is 4. The molecule has 9 heteroatoms. The lowest BCUT2D eigenvalue weighted by atomic mass is 9.94. The van der Waals surface area contributed by atoms with E-state index in [1.54, 1.807) is 53.4 Å². The van der Waals surface area contributed by atoms with Crippen LogP contribution in [0, 0.1) is 0 Å². The summed E-state index contributed by atoms with van der Waals surface area (Å²) in [5.41, 5.74) is 1.14. The molecule has 1 unspecified atom stereocenters. The molecule has 0 aliphatic carbocycles. The normalized spacial score (nSPS) is 21.1. The maximum Gasteiger partial charge on any atom is 0.409 e. The minimum Gasteiger partial charge on any atom is -0.507 e. The number of aromatic nitrogens is 2. The molecule has 2 aliphatic rings. The Balaban J connectivity index is 1.70. The molecule has 9 nitrogen and oxygen atoms in total. The van der Waals surface area contributed by atoms with Crippen LogP contribution in [0.25, 0.3) is 5.76 Å². The Bertz CT molecular complexity index is 1030. The molecule has 4 rings (SSSR count). The van der Waals surface area contributed by atoms with Crippen LogP contribution in [0.4, 0.5) is 4.79 Å². The van der Waals surface area contributed by atoms with Crippen LogP contribution in [-0.2, 0) is 14.3 Å². The van der Waals surface area contributed by atoms with Crippen LogP contribution in [0.2, 0.25) is 0 Å². The quantitative estimate of drug-likeness (QED) is 0.445. The number of Topliss-reactive ketones (excluding diaryl/α,β-unsaturated/α-hetero) is 1. The molecule has 0 spiro atoms. The Labute approximate surface area is 185 Å². The van der Waals surface area contributed by atoms with Crippen molar-refractivity contribution < 1.29 is 24.2 Å².